The number of methoxy groups -OCH3 is 1. The van der Waals surface area contributed by atoms with Gasteiger partial charge in [0.2, 0.25) is 0 Å². The molecule has 0 saturated heterocycles. The maximum absolute atomic E-state index is 11.9. The Kier molecular flexibility index (Phi) is 4.54. The molecule has 0 unspecified atom stereocenters. The second-order valence-corrected chi connectivity index (χ2v) is 5.26. The molecule has 0 aliphatic heterocycles. The summed E-state index contributed by atoms with van der Waals surface area (Å²) in [4.78, 5) is 11.9. The highest BCUT2D eigenvalue weighted by atomic mass is 79.9. The molecule has 1 amide bonds. The van der Waals surface area contributed by atoms with Crippen molar-refractivity contribution in [2.75, 3.05) is 13.7 Å². The molecule has 94 valence electrons. The standard InChI is InChI=1S/C12H16BrNO3/c1-12(2,16)7-14-11(15)9-6-8(13)4-5-10(9)17-3/h4-6,16H,7H2,1-3H3,(H,14,15). The van der Waals surface area contributed by atoms with Gasteiger partial charge in [0.25, 0.3) is 5.91 Å². The quantitative estimate of drug-likeness (QED) is 0.894. The van der Waals surface area contributed by atoms with Crippen LogP contribution in [0.3, 0.4) is 0 Å². The highest BCUT2D eigenvalue weighted by molar-refractivity contribution is 9.10. The third-order valence-corrected chi connectivity index (χ3v) is 2.58. The average molecular weight is 302 g/mol. The number of carbonyl (C=O) groups excluding carboxylic acids is 1. The Bertz CT molecular complexity index is 413. The van der Waals surface area contributed by atoms with Crippen LogP contribution in [-0.2, 0) is 0 Å². The molecule has 0 atom stereocenters. The number of amides is 1. The zero-order valence-corrected chi connectivity index (χ0v) is 11.7. The Morgan fingerprint density at radius 2 is 2.18 bits per heavy atom. The molecule has 0 bridgehead atoms. The van der Waals surface area contributed by atoms with E-state index in [1.54, 1.807) is 32.0 Å². The Hall–Kier alpha value is -1.07. The van der Waals surface area contributed by atoms with Crippen LogP contribution in [0.4, 0.5) is 0 Å². The van der Waals surface area contributed by atoms with Crippen LogP contribution in [0.5, 0.6) is 5.75 Å². The van der Waals surface area contributed by atoms with Gasteiger partial charge >= 0.3 is 0 Å². The molecule has 4 nitrogen and oxygen atoms in total. The Morgan fingerprint density at radius 3 is 2.71 bits per heavy atom. The number of aliphatic hydroxyl groups is 1. The Morgan fingerprint density at radius 1 is 1.53 bits per heavy atom. The van der Waals surface area contributed by atoms with Gasteiger partial charge in [0, 0.05) is 11.0 Å². The van der Waals surface area contributed by atoms with Crippen molar-refractivity contribution in [1.29, 1.82) is 0 Å². The summed E-state index contributed by atoms with van der Waals surface area (Å²) in [6.07, 6.45) is 0. The summed E-state index contributed by atoms with van der Waals surface area (Å²) in [5.74, 6) is 0.228. The Labute approximate surface area is 109 Å². The van der Waals surface area contributed by atoms with E-state index < -0.39 is 5.60 Å². The lowest BCUT2D eigenvalue weighted by Crippen LogP contribution is -2.38. The van der Waals surface area contributed by atoms with Gasteiger partial charge in [-0.3, -0.25) is 4.79 Å². The highest BCUT2D eigenvalue weighted by Crippen LogP contribution is 2.22. The number of ether oxygens (including phenoxy) is 1. The molecular weight excluding hydrogens is 286 g/mol. The molecule has 17 heavy (non-hydrogen) atoms. The number of carbonyl (C=O) groups is 1. The van der Waals surface area contributed by atoms with E-state index in [0.717, 1.165) is 4.47 Å². The van der Waals surface area contributed by atoms with Gasteiger partial charge in [0.1, 0.15) is 5.75 Å². The maximum Gasteiger partial charge on any atom is 0.255 e. The summed E-state index contributed by atoms with van der Waals surface area (Å²) < 4.78 is 5.91. The monoisotopic (exact) mass is 301 g/mol. The molecule has 1 aromatic carbocycles. The van der Waals surface area contributed by atoms with Crippen LogP contribution in [0, 0.1) is 0 Å². The van der Waals surface area contributed by atoms with E-state index in [0.29, 0.717) is 11.3 Å². The number of nitrogens with one attached hydrogen (secondary N) is 1. The first-order valence-electron chi connectivity index (χ1n) is 5.17. The minimum absolute atomic E-state index is 0.182. The van der Waals surface area contributed by atoms with Gasteiger partial charge in [0.05, 0.1) is 18.3 Å². The molecule has 0 radical (unpaired) electrons. The topological polar surface area (TPSA) is 58.6 Å². The summed E-state index contributed by atoms with van der Waals surface area (Å²) in [6, 6.07) is 5.19. The molecule has 0 spiro atoms. The van der Waals surface area contributed by atoms with Crippen LogP contribution in [0.15, 0.2) is 22.7 Å². The first kappa shape index (κ1) is 14.0. The van der Waals surface area contributed by atoms with Crippen molar-refractivity contribution in [2.45, 2.75) is 19.4 Å². The number of rotatable bonds is 4. The molecule has 1 rings (SSSR count). The fraction of sp³-hybridized carbons (Fsp3) is 0.417. The van der Waals surface area contributed by atoms with E-state index in [9.17, 15) is 9.90 Å². The van der Waals surface area contributed by atoms with Crippen molar-refractivity contribution < 1.29 is 14.6 Å². The van der Waals surface area contributed by atoms with E-state index >= 15 is 0 Å². The molecule has 0 aliphatic carbocycles. The number of hydrogen-bond acceptors (Lipinski definition) is 3. The third kappa shape index (κ3) is 4.36. The summed E-state index contributed by atoms with van der Waals surface area (Å²) >= 11 is 3.30. The summed E-state index contributed by atoms with van der Waals surface area (Å²) in [5, 5.41) is 12.2. The van der Waals surface area contributed by atoms with Crippen molar-refractivity contribution in [1.82, 2.24) is 5.32 Å². The van der Waals surface area contributed by atoms with E-state index in [1.807, 2.05) is 0 Å². The normalized spacial score (nSPS) is 11.1. The molecule has 1 aromatic rings. The summed E-state index contributed by atoms with van der Waals surface area (Å²) in [7, 11) is 1.51. The van der Waals surface area contributed by atoms with E-state index in [2.05, 4.69) is 21.2 Å². The predicted molar refractivity (Wildman–Crippen MR) is 69.3 cm³/mol. The molecule has 0 aliphatic rings. The van der Waals surface area contributed by atoms with Gasteiger partial charge < -0.3 is 15.2 Å². The Balaban J connectivity index is 2.84. The van der Waals surface area contributed by atoms with Crippen LogP contribution >= 0.6 is 15.9 Å². The van der Waals surface area contributed by atoms with E-state index in [1.165, 1.54) is 7.11 Å². The lowest BCUT2D eigenvalue weighted by molar-refractivity contribution is 0.0693. The van der Waals surface area contributed by atoms with E-state index in [4.69, 9.17) is 4.74 Å². The van der Waals surface area contributed by atoms with Crippen LogP contribution < -0.4 is 10.1 Å². The molecule has 0 aromatic heterocycles. The lowest BCUT2D eigenvalue weighted by Gasteiger charge is -2.18. The minimum Gasteiger partial charge on any atom is -0.496 e. The van der Waals surface area contributed by atoms with Crippen LogP contribution in [0.1, 0.15) is 24.2 Å². The summed E-state index contributed by atoms with van der Waals surface area (Å²) in [6.45, 7) is 3.44. The SMILES string of the molecule is COc1ccc(Br)cc1C(=O)NCC(C)(C)O. The second-order valence-electron chi connectivity index (χ2n) is 4.34. The van der Waals surface area contributed by atoms with Crippen molar-refractivity contribution in [2.24, 2.45) is 0 Å². The van der Waals surface area contributed by atoms with Gasteiger partial charge in [-0.1, -0.05) is 15.9 Å². The lowest BCUT2D eigenvalue weighted by atomic mass is 10.1. The van der Waals surface area contributed by atoms with Crippen molar-refractivity contribution in [3.8, 4) is 5.75 Å². The fourth-order valence-electron chi connectivity index (χ4n) is 1.25. The third-order valence-electron chi connectivity index (χ3n) is 2.09. The zero-order chi connectivity index (χ0) is 13.1. The van der Waals surface area contributed by atoms with Crippen LogP contribution in [-0.4, -0.2) is 30.3 Å². The van der Waals surface area contributed by atoms with Gasteiger partial charge in [-0.15, -0.1) is 0 Å². The van der Waals surface area contributed by atoms with Crippen LogP contribution in [0.2, 0.25) is 0 Å². The summed E-state index contributed by atoms with van der Waals surface area (Å²) in [5.41, 5.74) is -0.499. The van der Waals surface area contributed by atoms with Crippen molar-refractivity contribution >= 4 is 21.8 Å². The number of benzene rings is 1. The minimum atomic E-state index is -0.936. The molecule has 5 heteroatoms. The fourth-order valence-corrected chi connectivity index (χ4v) is 1.61. The maximum atomic E-state index is 11.9. The first-order chi connectivity index (χ1) is 7.83. The van der Waals surface area contributed by atoms with Crippen molar-refractivity contribution in [3.63, 3.8) is 0 Å². The second kappa shape index (κ2) is 5.51. The first-order valence-corrected chi connectivity index (χ1v) is 5.97. The number of halogens is 1. The van der Waals surface area contributed by atoms with Gasteiger partial charge in [-0.25, -0.2) is 0 Å². The average Bonchev–Trinajstić information content (AvgIpc) is 2.25. The molecule has 2 N–H and O–H groups in total. The van der Waals surface area contributed by atoms with Gasteiger partial charge in [-0.2, -0.15) is 0 Å². The molecule has 0 heterocycles. The van der Waals surface area contributed by atoms with Gasteiger partial charge in [-0.05, 0) is 32.0 Å². The number of hydrogen-bond donors (Lipinski definition) is 2. The predicted octanol–water partition coefficient (Wildman–Crippen LogP) is 1.96. The van der Waals surface area contributed by atoms with E-state index in [-0.39, 0.29) is 12.5 Å². The van der Waals surface area contributed by atoms with Crippen LogP contribution in [0.25, 0.3) is 0 Å². The largest absolute Gasteiger partial charge is 0.496 e. The molecular formula is C12H16BrNO3. The smallest absolute Gasteiger partial charge is 0.255 e. The molecule has 0 fully saturated rings. The van der Waals surface area contributed by atoms with Gasteiger partial charge in [0.15, 0.2) is 0 Å². The molecule has 0 saturated carbocycles. The van der Waals surface area contributed by atoms with Crippen molar-refractivity contribution in [3.05, 3.63) is 28.2 Å². The highest BCUT2D eigenvalue weighted by Gasteiger charge is 2.17. The zero-order valence-electron chi connectivity index (χ0n) is 10.1.